The van der Waals surface area contributed by atoms with Crippen LogP contribution in [-0.2, 0) is 10.3 Å². The van der Waals surface area contributed by atoms with Crippen molar-refractivity contribution in [1.82, 2.24) is 10.2 Å². The summed E-state index contributed by atoms with van der Waals surface area (Å²) in [5, 5.41) is 3.49. The van der Waals surface area contributed by atoms with Crippen molar-refractivity contribution in [2.75, 3.05) is 19.8 Å². The Kier molecular flexibility index (Phi) is 4.43. The summed E-state index contributed by atoms with van der Waals surface area (Å²) in [5.74, 6) is 0.444. The maximum Gasteiger partial charge on any atom is 0.325 e. The number of urea groups is 1. The molecule has 0 radical (unpaired) electrons. The summed E-state index contributed by atoms with van der Waals surface area (Å²) in [4.78, 5) is 39.5. The van der Waals surface area contributed by atoms with Gasteiger partial charge in [-0.05, 0) is 37.3 Å². The van der Waals surface area contributed by atoms with E-state index in [4.69, 9.17) is 13.9 Å². The van der Waals surface area contributed by atoms with Crippen LogP contribution in [0.1, 0.15) is 29.5 Å². The maximum atomic E-state index is 13.1. The van der Waals surface area contributed by atoms with Crippen molar-refractivity contribution in [3.05, 3.63) is 59.9 Å². The first-order chi connectivity index (χ1) is 15.0. The Balaban J connectivity index is 1.38. The molecule has 1 saturated heterocycles. The number of nitrogens with zero attached hydrogens (tertiary/aromatic N) is 1. The molecule has 8 heteroatoms. The van der Waals surface area contributed by atoms with Crippen LogP contribution in [0.4, 0.5) is 4.79 Å². The third kappa shape index (κ3) is 3.20. The van der Waals surface area contributed by atoms with E-state index in [0.717, 1.165) is 16.7 Å². The Morgan fingerprint density at radius 2 is 1.84 bits per heavy atom. The lowest BCUT2D eigenvalue weighted by Crippen LogP contribution is -2.41. The van der Waals surface area contributed by atoms with Crippen molar-refractivity contribution in [3.8, 4) is 11.5 Å². The van der Waals surface area contributed by atoms with Gasteiger partial charge in [-0.15, -0.1) is 0 Å². The number of nitrogens with one attached hydrogen (secondary N) is 1. The van der Waals surface area contributed by atoms with Gasteiger partial charge in [0.05, 0.1) is 19.8 Å². The smallest absolute Gasteiger partial charge is 0.325 e. The number of furan rings is 1. The Morgan fingerprint density at radius 3 is 2.65 bits per heavy atom. The second-order valence-corrected chi connectivity index (χ2v) is 7.73. The molecule has 1 atom stereocenters. The molecule has 31 heavy (non-hydrogen) atoms. The van der Waals surface area contributed by atoms with Crippen molar-refractivity contribution in [1.29, 1.82) is 0 Å². The maximum absolute atomic E-state index is 13.1. The molecule has 0 spiro atoms. The van der Waals surface area contributed by atoms with Gasteiger partial charge in [0.25, 0.3) is 5.91 Å². The molecule has 1 N–H and O–H groups in total. The number of carbonyl (C=O) groups excluding carboxylic acids is 3. The summed E-state index contributed by atoms with van der Waals surface area (Å²) < 4.78 is 17.0. The zero-order valence-electron chi connectivity index (χ0n) is 16.8. The standard InChI is InChI=1S/C23H20N2O6/c1-23(20-12-15-5-2-3-6-17(15)31-20)21(27)25(22(28)24-23)13-16(26)14-7-8-18-19(11-14)30-10-4-9-29-18/h2-3,5-8,11-12H,4,9-10,13H2,1H3,(H,24,28). The van der Waals surface area contributed by atoms with Crippen LogP contribution in [0.15, 0.2) is 52.9 Å². The lowest BCUT2D eigenvalue weighted by atomic mass is 9.98. The minimum Gasteiger partial charge on any atom is -0.490 e. The predicted molar refractivity (Wildman–Crippen MR) is 110 cm³/mol. The van der Waals surface area contributed by atoms with Gasteiger partial charge < -0.3 is 19.2 Å². The number of rotatable bonds is 4. The SMILES string of the molecule is CC1(c2cc3ccccc3o2)NC(=O)N(CC(=O)c2ccc3c(c2)OCCCO3)C1=O. The van der Waals surface area contributed by atoms with Gasteiger partial charge in [-0.2, -0.15) is 0 Å². The van der Waals surface area contributed by atoms with Crippen LogP contribution in [0.2, 0.25) is 0 Å². The highest BCUT2D eigenvalue weighted by atomic mass is 16.5. The molecule has 2 aliphatic heterocycles. The number of fused-ring (bicyclic) bond motifs is 2. The summed E-state index contributed by atoms with van der Waals surface area (Å²) in [6.45, 7) is 2.22. The van der Waals surface area contributed by atoms with Crippen LogP contribution >= 0.6 is 0 Å². The highest BCUT2D eigenvalue weighted by molar-refractivity contribution is 6.11. The number of Topliss-reactive ketones (excluding diaryl/α,β-unsaturated/α-hetero) is 1. The molecule has 8 nitrogen and oxygen atoms in total. The van der Waals surface area contributed by atoms with Crippen molar-refractivity contribution in [3.63, 3.8) is 0 Å². The van der Waals surface area contributed by atoms with Crippen LogP contribution < -0.4 is 14.8 Å². The monoisotopic (exact) mass is 420 g/mol. The molecular formula is C23H20N2O6. The van der Waals surface area contributed by atoms with E-state index in [9.17, 15) is 14.4 Å². The van der Waals surface area contributed by atoms with Crippen LogP contribution in [0.25, 0.3) is 11.0 Å². The first kappa shape index (κ1) is 19.2. The number of para-hydroxylation sites is 1. The topological polar surface area (TPSA) is 98.1 Å². The highest BCUT2D eigenvalue weighted by Crippen LogP contribution is 2.34. The first-order valence-electron chi connectivity index (χ1n) is 10.0. The van der Waals surface area contributed by atoms with Gasteiger partial charge in [0.1, 0.15) is 11.3 Å². The molecule has 3 amide bonds. The quantitative estimate of drug-likeness (QED) is 0.514. The lowest BCUT2D eigenvalue weighted by Gasteiger charge is -2.19. The van der Waals surface area contributed by atoms with E-state index in [1.54, 1.807) is 37.3 Å². The number of hydrogen-bond donors (Lipinski definition) is 1. The van der Waals surface area contributed by atoms with E-state index in [1.807, 2.05) is 18.2 Å². The minimum atomic E-state index is -1.39. The first-order valence-corrected chi connectivity index (χ1v) is 10.0. The van der Waals surface area contributed by atoms with E-state index in [2.05, 4.69) is 5.32 Å². The number of ketones is 1. The molecule has 3 heterocycles. The predicted octanol–water partition coefficient (Wildman–Crippen LogP) is 3.24. The van der Waals surface area contributed by atoms with E-state index in [-0.39, 0.29) is 12.3 Å². The summed E-state index contributed by atoms with van der Waals surface area (Å²) >= 11 is 0. The van der Waals surface area contributed by atoms with Gasteiger partial charge in [0.15, 0.2) is 22.8 Å². The molecule has 2 aliphatic rings. The van der Waals surface area contributed by atoms with Gasteiger partial charge in [-0.25, -0.2) is 4.79 Å². The number of carbonyl (C=O) groups is 3. The molecule has 0 bridgehead atoms. The van der Waals surface area contributed by atoms with Crippen molar-refractivity contribution in [2.45, 2.75) is 18.9 Å². The second-order valence-electron chi connectivity index (χ2n) is 7.73. The van der Waals surface area contributed by atoms with E-state index in [0.29, 0.717) is 41.6 Å². The zero-order chi connectivity index (χ0) is 21.6. The Labute approximate surface area is 177 Å². The molecule has 0 saturated carbocycles. The van der Waals surface area contributed by atoms with Crippen LogP contribution in [-0.4, -0.2) is 42.4 Å². The van der Waals surface area contributed by atoms with E-state index >= 15 is 0 Å². The average molecular weight is 420 g/mol. The normalized spacial score (nSPS) is 20.6. The van der Waals surface area contributed by atoms with Crippen LogP contribution in [0, 0.1) is 0 Å². The largest absolute Gasteiger partial charge is 0.490 e. The Bertz CT molecular complexity index is 1180. The molecule has 0 aliphatic carbocycles. The van der Waals surface area contributed by atoms with E-state index in [1.165, 1.54) is 0 Å². The summed E-state index contributed by atoms with van der Waals surface area (Å²) in [5.41, 5.74) is -0.439. The molecule has 3 aromatic rings. The van der Waals surface area contributed by atoms with Crippen LogP contribution in [0.3, 0.4) is 0 Å². The fourth-order valence-electron chi connectivity index (χ4n) is 3.81. The number of ether oxygens (including phenoxy) is 2. The molecular weight excluding hydrogens is 400 g/mol. The number of imide groups is 1. The van der Waals surface area contributed by atoms with E-state index < -0.39 is 17.5 Å². The number of amides is 3. The molecule has 1 aromatic heterocycles. The Hall–Kier alpha value is -3.81. The lowest BCUT2D eigenvalue weighted by molar-refractivity contribution is -0.131. The number of benzene rings is 2. The summed E-state index contributed by atoms with van der Waals surface area (Å²) in [6.07, 6.45) is 0.751. The molecule has 2 aromatic carbocycles. The molecule has 1 unspecified atom stereocenters. The highest BCUT2D eigenvalue weighted by Gasteiger charge is 2.51. The van der Waals surface area contributed by atoms with Crippen molar-refractivity contribution >= 4 is 28.7 Å². The minimum absolute atomic E-state index is 0.317. The third-order valence-corrected chi connectivity index (χ3v) is 5.56. The van der Waals surface area contributed by atoms with Gasteiger partial charge in [0.2, 0.25) is 0 Å². The third-order valence-electron chi connectivity index (χ3n) is 5.56. The van der Waals surface area contributed by atoms with Crippen molar-refractivity contribution in [2.24, 2.45) is 0 Å². The van der Waals surface area contributed by atoms with Gasteiger partial charge in [-0.1, -0.05) is 18.2 Å². The fourth-order valence-corrected chi connectivity index (χ4v) is 3.81. The fraction of sp³-hybridized carbons (Fsp3) is 0.261. The van der Waals surface area contributed by atoms with Crippen LogP contribution in [0.5, 0.6) is 11.5 Å². The molecule has 5 rings (SSSR count). The van der Waals surface area contributed by atoms with Gasteiger partial charge in [0, 0.05) is 17.4 Å². The zero-order valence-corrected chi connectivity index (χ0v) is 16.8. The summed E-state index contributed by atoms with van der Waals surface area (Å²) in [7, 11) is 0. The molecule has 1 fully saturated rings. The van der Waals surface area contributed by atoms with Crippen molar-refractivity contribution < 1.29 is 28.3 Å². The molecule has 158 valence electrons. The van der Waals surface area contributed by atoms with Gasteiger partial charge >= 0.3 is 6.03 Å². The summed E-state index contributed by atoms with van der Waals surface area (Å²) in [6, 6.07) is 13.3. The average Bonchev–Trinajstić information content (AvgIpc) is 3.19. The Morgan fingerprint density at radius 1 is 1.06 bits per heavy atom. The number of hydrogen-bond acceptors (Lipinski definition) is 6. The van der Waals surface area contributed by atoms with Gasteiger partial charge in [-0.3, -0.25) is 14.5 Å². The second kappa shape index (κ2) is 7.16.